The lowest BCUT2D eigenvalue weighted by atomic mass is 10.2. The van der Waals surface area contributed by atoms with Gasteiger partial charge >= 0.3 is 0 Å². The van der Waals surface area contributed by atoms with E-state index in [9.17, 15) is 0 Å². The number of hydrogen-bond acceptors (Lipinski definition) is 2. The van der Waals surface area contributed by atoms with Gasteiger partial charge in [-0.15, -0.1) is 0 Å². The van der Waals surface area contributed by atoms with Crippen molar-refractivity contribution in [3.8, 4) is 5.75 Å². The van der Waals surface area contributed by atoms with Crippen molar-refractivity contribution in [2.45, 2.75) is 19.4 Å². The van der Waals surface area contributed by atoms with E-state index in [-0.39, 0.29) is 5.84 Å². The number of benzene rings is 1. The molecule has 0 radical (unpaired) electrons. The molecular formula is C10H12Cl2N2O. The van der Waals surface area contributed by atoms with Gasteiger partial charge in [0.05, 0.1) is 5.02 Å². The Hall–Kier alpha value is -0.930. The van der Waals surface area contributed by atoms with Crippen molar-refractivity contribution < 1.29 is 4.74 Å². The van der Waals surface area contributed by atoms with E-state index in [1.807, 2.05) is 6.92 Å². The number of nitrogens with one attached hydrogen (secondary N) is 1. The number of halogens is 2. The summed E-state index contributed by atoms with van der Waals surface area (Å²) in [6.07, 6.45) is 0.178. The van der Waals surface area contributed by atoms with E-state index in [0.717, 1.165) is 0 Å². The Bertz CT molecular complexity index is 368. The Labute approximate surface area is 98.6 Å². The lowest BCUT2D eigenvalue weighted by Crippen LogP contribution is -2.32. The van der Waals surface area contributed by atoms with Crippen LogP contribution < -0.4 is 10.5 Å². The van der Waals surface area contributed by atoms with E-state index >= 15 is 0 Å². The first kappa shape index (κ1) is 12.1. The van der Waals surface area contributed by atoms with Gasteiger partial charge in [0.15, 0.2) is 6.10 Å². The highest BCUT2D eigenvalue weighted by atomic mass is 35.5. The van der Waals surface area contributed by atoms with Gasteiger partial charge in [0.1, 0.15) is 11.6 Å². The predicted molar refractivity (Wildman–Crippen MR) is 63.1 cm³/mol. The molecule has 0 amide bonds. The summed E-state index contributed by atoms with van der Waals surface area (Å²) >= 11 is 11.7. The van der Waals surface area contributed by atoms with Crippen LogP contribution in [0, 0.1) is 5.41 Å². The fourth-order valence-corrected chi connectivity index (χ4v) is 1.54. The second kappa shape index (κ2) is 5.24. The van der Waals surface area contributed by atoms with Crippen molar-refractivity contribution in [3.05, 3.63) is 28.2 Å². The zero-order valence-electron chi connectivity index (χ0n) is 8.26. The first-order valence-electron chi connectivity index (χ1n) is 4.50. The summed E-state index contributed by atoms with van der Waals surface area (Å²) in [5.74, 6) is 0.478. The van der Waals surface area contributed by atoms with Crippen LogP contribution in [-0.4, -0.2) is 11.9 Å². The summed E-state index contributed by atoms with van der Waals surface area (Å²) < 4.78 is 5.47. The van der Waals surface area contributed by atoms with Crippen molar-refractivity contribution in [1.29, 1.82) is 5.41 Å². The second-order valence-corrected chi connectivity index (χ2v) is 3.89. The molecule has 0 aliphatic rings. The average Bonchev–Trinajstić information content (AvgIpc) is 2.16. The Morgan fingerprint density at radius 2 is 2.20 bits per heavy atom. The molecule has 0 spiro atoms. The predicted octanol–water partition coefficient (Wildman–Crippen LogP) is 3.09. The van der Waals surface area contributed by atoms with Crippen LogP contribution in [0.25, 0.3) is 0 Å². The van der Waals surface area contributed by atoms with Crippen LogP contribution in [0.3, 0.4) is 0 Å². The summed E-state index contributed by atoms with van der Waals surface area (Å²) in [4.78, 5) is 0. The Kier molecular flexibility index (Phi) is 4.24. The van der Waals surface area contributed by atoms with Crippen LogP contribution in [0.5, 0.6) is 5.75 Å². The summed E-state index contributed by atoms with van der Waals surface area (Å²) in [5.41, 5.74) is 5.36. The Morgan fingerprint density at radius 3 is 2.67 bits per heavy atom. The third-order valence-corrected chi connectivity index (χ3v) is 2.41. The zero-order chi connectivity index (χ0) is 11.4. The quantitative estimate of drug-likeness (QED) is 0.634. The maximum atomic E-state index is 7.30. The largest absolute Gasteiger partial charge is 0.481 e. The van der Waals surface area contributed by atoms with Gasteiger partial charge < -0.3 is 10.5 Å². The summed E-state index contributed by atoms with van der Waals surface area (Å²) in [7, 11) is 0. The average molecular weight is 247 g/mol. The minimum absolute atomic E-state index is 0.0106. The fraction of sp³-hybridized carbons (Fsp3) is 0.300. The Balaban J connectivity index is 2.84. The molecule has 82 valence electrons. The number of rotatable bonds is 4. The highest BCUT2D eigenvalue weighted by Gasteiger charge is 2.13. The lowest BCUT2D eigenvalue weighted by molar-refractivity contribution is 0.260. The van der Waals surface area contributed by atoms with Crippen LogP contribution in [0.1, 0.15) is 13.3 Å². The maximum absolute atomic E-state index is 7.30. The minimum Gasteiger partial charge on any atom is -0.481 e. The van der Waals surface area contributed by atoms with E-state index in [2.05, 4.69) is 0 Å². The second-order valence-electron chi connectivity index (χ2n) is 3.04. The van der Waals surface area contributed by atoms with Gasteiger partial charge in [0.2, 0.25) is 0 Å². The molecular weight excluding hydrogens is 235 g/mol. The molecule has 0 bridgehead atoms. The highest BCUT2D eigenvalue weighted by molar-refractivity contribution is 6.35. The standard InChI is InChI=1S/C10H12Cl2N2O/c1-2-8(10(13)14)15-9-4-3-6(11)5-7(9)12/h3-5,8H,2H2,1H3,(H3,13,14). The molecule has 3 nitrogen and oxygen atoms in total. The topological polar surface area (TPSA) is 59.1 Å². The van der Waals surface area contributed by atoms with Gasteiger partial charge in [-0.2, -0.15) is 0 Å². The van der Waals surface area contributed by atoms with Crippen molar-refractivity contribution in [1.82, 2.24) is 0 Å². The molecule has 5 heteroatoms. The number of hydrogen-bond donors (Lipinski definition) is 2. The SMILES string of the molecule is CCC(Oc1ccc(Cl)cc1Cl)C(=N)N. The molecule has 1 rings (SSSR count). The molecule has 1 atom stereocenters. The lowest BCUT2D eigenvalue weighted by Gasteiger charge is -2.16. The van der Waals surface area contributed by atoms with Crippen molar-refractivity contribution >= 4 is 29.0 Å². The van der Waals surface area contributed by atoms with Gasteiger partial charge in [-0.05, 0) is 24.6 Å². The van der Waals surface area contributed by atoms with E-state index < -0.39 is 6.10 Å². The van der Waals surface area contributed by atoms with Crippen molar-refractivity contribution in [2.75, 3.05) is 0 Å². The van der Waals surface area contributed by atoms with Crippen molar-refractivity contribution in [2.24, 2.45) is 5.73 Å². The number of nitrogens with two attached hydrogens (primary N) is 1. The smallest absolute Gasteiger partial charge is 0.155 e. The highest BCUT2D eigenvalue weighted by Crippen LogP contribution is 2.28. The summed E-state index contributed by atoms with van der Waals surface area (Å²) in [6.45, 7) is 1.88. The first-order chi connectivity index (χ1) is 7.04. The van der Waals surface area contributed by atoms with Crippen LogP contribution in [-0.2, 0) is 0 Å². The molecule has 0 saturated heterocycles. The van der Waals surface area contributed by atoms with Gasteiger partial charge in [-0.1, -0.05) is 30.1 Å². The minimum atomic E-state index is -0.441. The monoisotopic (exact) mass is 246 g/mol. The van der Waals surface area contributed by atoms with Crippen LogP contribution in [0.2, 0.25) is 10.0 Å². The third-order valence-electron chi connectivity index (χ3n) is 1.88. The summed E-state index contributed by atoms with van der Waals surface area (Å²) in [5, 5.41) is 8.26. The van der Waals surface area contributed by atoms with E-state index in [1.165, 1.54) is 0 Å². The zero-order valence-corrected chi connectivity index (χ0v) is 9.77. The van der Waals surface area contributed by atoms with Gasteiger partial charge in [0, 0.05) is 5.02 Å². The van der Waals surface area contributed by atoms with E-state index in [4.69, 9.17) is 39.1 Å². The van der Waals surface area contributed by atoms with Gasteiger partial charge in [-0.25, -0.2) is 0 Å². The summed E-state index contributed by atoms with van der Waals surface area (Å²) in [6, 6.07) is 4.93. The molecule has 1 unspecified atom stereocenters. The molecule has 3 N–H and O–H groups in total. The molecule has 0 aliphatic heterocycles. The Morgan fingerprint density at radius 1 is 1.53 bits per heavy atom. The van der Waals surface area contributed by atoms with Crippen molar-refractivity contribution in [3.63, 3.8) is 0 Å². The van der Waals surface area contributed by atoms with Crippen LogP contribution in [0.4, 0.5) is 0 Å². The van der Waals surface area contributed by atoms with Crippen LogP contribution in [0.15, 0.2) is 18.2 Å². The fourth-order valence-electron chi connectivity index (χ4n) is 1.09. The van der Waals surface area contributed by atoms with Gasteiger partial charge in [0.25, 0.3) is 0 Å². The maximum Gasteiger partial charge on any atom is 0.155 e. The van der Waals surface area contributed by atoms with E-state index in [1.54, 1.807) is 18.2 Å². The number of ether oxygens (including phenoxy) is 1. The first-order valence-corrected chi connectivity index (χ1v) is 5.25. The molecule has 1 aromatic carbocycles. The number of amidine groups is 1. The molecule has 0 saturated carbocycles. The molecule has 1 aromatic rings. The van der Waals surface area contributed by atoms with Gasteiger partial charge in [-0.3, -0.25) is 5.41 Å². The molecule has 15 heavy (non-hydrogen) atoms. The van der Waals surface area contributed by atoms with E-state index in [0.29, 0.717) is 22.2 Å². The molecule has 0 aliphatic carbocycles. The normalized spacial score (nSPS) is 12.2. The third kappa shape index (κ3) is 3.29. The molecule has 0 aromatic heterocycles. The molecule has 0 heterocycles. The molecule has 0 fully saturated rings. The van der Waals surface area contributed by atoms with Crippen LogP contribution >= 0.6 is 23.2 Å².